The third kappa shape index (κ3) is 2.66. The number of amides is 1. The van der Waals surface area contributed by atoms with Gasteiger partial charge in [-0.25, -0.2) is 4.39 Å². The van der Waals surface area contributed by atoms with Crippen LogP contribution in [0.4, 0.5) is 10.1 Å². The molecular weight excluding hydrogens is 259 g/mol. The summed E-state index contributed by atoms with van der Waals surface area (Å²) in [7, 11) is 0. The number of carbonyl (C=O) groups is 1. The van der Waals surface area contributed by atoms with Crippen molar-refractivity contribution in [2.75, 3.05) is 5.73 Å². The Hall–Kier alpha value is -2.30. The van der Waals surface area contributed by atoms with Crippen molar-refractivity contribution in [1.29, 1.82) is 0 Å². The van der Waals surface area contributed by atoms with Gasteiger partial charge in [0, 0.05) is 17.3 Å². The zero-order chi connectivity index (χ0) is 14.1. The highest BCUT2D eigenvalue weighted by Gasteiger charge is 2.33. The predicted molar refractivity (Wildman–Crippen MR) is 72.4 cm³/mol. The maximum atomic E-state index is 13.4. The van der Waals surface area contributed by atoms with Gasteiger partial charge in [-0.1, -0.05) is 0 Å². The van der Waals surface area contributed by atoms with E-state index < -0.39 is 5.82 Å². The van der Waals surface area contributed by atoms with E-state index in [0.29, 0.717) is 6.54 Å². The predicted octanol–water partition coefficient (Wildman–Crippen LogP) is 2.81. The molecule has 104 valence electrons. The molecule has 2 N–H and O–H groups in total. The van der Waals surface area contributed by atoms with Gasteiger partial charge in [-0.2, -0.15) is 0 Å². The molecule has 1 aliphatic rings. The van der Waals surface area contributed by atoms with E-state index >= 15 is 0 Å². The summed E-state index contributed by atoms with van der Waals surface area (Å²) in [5, 5.41) is 0. The number of nitrogens with two attached hydrogens (primary N) is 1. The molecule has 3 rings (SSSR count). The number of hydrogen-bond acceptors (Lipinski definition) is 3. The minimum Gasteiger partial charge on any atom is -0.467 e. The number of halogens is 1. The summed E-state index contributed by atoms with van der Waals surface area (Å²) >= 11 is 0. The molecule has 5 heteroatoms. The van der Waals surface area contributed by atoms with Gasteiger partial charge in [-0.05, 0) is 43.2 Å². The molecule has 1 aromatic carbocycles. The summed E-state index contributed by atoms with van der Waals surface area (Å²) in [5.74, 6) is 0.00632. The molecule has 1 fully saturated rings. The Morgan fingerprint density at radius 2 is 2.20 bits per heavy atom. The van der Waals surface area contributed by atoms with Crippen LogP contribution in [0, 0.1) is 5.82 Å². The Labute approximate surface area is 116 Å². The van der Waals surface area contributed by atoms with E-state index in [1.807, 2.05) is 6.07 Å². The van der Waals surface area contributed by atoms with Gasteiger partial charge in [-0.15, -0.1) is 0 Å². The summed E-state index contributed by atoms with van der Waals surface area (Å²) in [4.78, 5) is 14.2. The number of benzene rings is 1. The van der Waals surface area contributed by atoms with E-state index in [1.54, 1.807) is 17.2 Å². The summed E-state index contributed by atoms with van der Waals surface area (Å²) < 4.78 is 18.7. The number of furan rings is 1. The van der Waals surface area contributed by atoms with Crippen LogP contribution in [0.5, 0.6) is 0 Å². The average molecular weight is 274 g/mol. The molecule has 0 aliphatic heterocycles. The van der Waals surface area contributed by atoms with Crippen molar-refractivity contribution in [2.24, 2.45) is 0 Å². The number of carbonyl (C=O) groups excluding carboxylic acids is 1. The van der Waals surface area contributed by atoms with Crippen LogP contribution in [0.3, 0.4) is 0 Å². The number of anilines is 1. The lowest BCUT2D eigenvalue weighted by atomic mass is 10.1. The largest absolute Gasteiger partial charge is 0.467 e. The molecule has 2 aromatic rings. The molecule has 0 atom stereocenters. The Morgan fingerprint density at radius 1 is 1.40 bits per heavy atom. The van der Waals surface area contributed by atoms with Crippen LogP contribution in [-0.2, 0) is 6.54 Å². The second-order valence-corrected chi connectivity index (χ2v) is 5.02. The van der Waals surface area contributed by atoms with E-state index in [1.165, 1.54) is 18.2 Å². The van der Waals surface area contributed by atoms with Crippen LogP contribution in [0.15, 0.2) is 41.0 Å². The van der Waals surface area contributed by atoms with E-state index in [2.05, 4.69) is 0 Å². The molecule has 20 heavy (non-hydrogen) atoms. The first kappa shape index (κ1) is 12.7. The molecule has 0 unspecified atom stereocenters. The van der Waals surface area contributed by atoms with Crippen LogP contribution in [0.25, 0.3) is 0 Å². The first-order valence-electron chi connectivity index (χ1n) is 6.53. The molecule has 1 saturated carbocycles. The van der Waals surface area contributed by atoms with E-state index in [9.17, 15) is 9.18 Å². The van der Waals surface area contributed by atoms with Gasteiger partial charge in [0.2, 0.25) is 0 Å². The highest BCUT2D eigenvalue weighted by Crippen LogP contribution is 2.30. The summed E-state index contributed by atoms with van der Waals surface area (Å²) in [5.41, 5.74) is 6.13. The zero-order valence-corrected chi connectivity index (χ0v) is 10.9. The number of nitrogen functional groups attached to an aromatic ring is 1. The van der Waals surface area contributed by atoms with E-state index in [4.69, 9.17) is 10.2 Å². The Kier molecular flexibility index (Phi) is 3.18. The second kappa shape index (κ2) is 5.00. The molecule has 0 saturated heterocycles. The number of hydrogen-bond donors (Lipinski definition) is 1. The van der Waals surface area contributed by atoms with Crippen LogP contribution < -0.4 is 5.73 Å². The molecule has 0 radical (unpaired) electrons. The summed E-state index contributed by atoms with van der Waals surface area (Å²) in [6.45, 7) is 0.396. The van der Waals surface area contributed by atoms with Crippen molar-refractivity contribution >= 4 is 11.6 Å². The third-order valence-electron chi connectivity index (χ3n) is 3.32. The van der Waals surface area contributed by atoms with Crippen molar-refractivity contribution < 1.29 is 13.6 Å². The van der Waals surface area contributed by atoms with Crippen LogP contribution >= 0.6 is 0 Å². The zero-order valence-electron chi connectivity index (χ0n) is 10.9. The van der Waals surface area contributed by atoms with Crippen molar-refractivity contribution in [3.8, 4) is 0 Å². The number of rotatable bonds is 4. The van der Waals surface area contributed by atoms with Gasteiger partial charge in [0.25, 0.3) is 5.91 Å². The minimum atomic E-state index is -0.498. The Bertz CT molecular complexity index is 601. The molecule has 1 aliphatic carbocycles. The lowest BCUT2D eigenvalue weighted by molar-refractivity contribution is 0.0717. The fraction of sp³-hybridized carbons (Fsp3) is 0.267. The summed E-state index contributed by atoms with van der Waals surface area (Å²) in [6.07, 6.45) is 3.51. The van der Waals surface area contributed by atoms with Crippen molar-refractivity contribution in [3.63, 3.8) is 0 Å². The normalized spacial score (nSPS) is 14.2. The number of nitrogens with zero attached hydrogens (tertiary/aromatic N) is 1. The first-order valence-corrected chi connectivity index (χ1v) is 6.53. The second-order valence-electron chi connectivity index (χ2n) is 5.02. The minimum absolute atomic E-state index is 0.206. The van der Waals surface area contributed by atoms with Gasteiger partial charge < -0.3 is 15.1 Å². The van der Waals surface area contributed by atoms with Crippen molar-refractivity contribution in [2.45, 2.75) is 25.4 Å². The molecule has 0 bridgehead atoms. The van der Waals surface area contributed by atoms with Crippen molar-refractivity contribution in [1.82, 2.24) is 4.90 Å². The van der Waals surface area contributed by atoms with E-state index in [-0.39, 0.29) is 23.2 Å². The maximum absolute atomic E-state index is 13.4. The fourth-order valence-corrected chi connectivity index (χ4v) is 2.22. The molecule has 1 heterocycles. The van der Waals surface area contributed by atoms with Crippen LogP contribution in [0.2, 0.25) is 0 Å². The van der Waals surface area contributed by atoms with E-state index in [0.717, 1.165) is 18.6 Å². The Balaban J connectivity index is 1.85. The molecule has 1 amide bonds. The highest BCUT2D eigenvalue weighted by molar-refractivity contribution is 5.95. The molecular formula is C15H15FN2O2. The third-order valence-corrected chi connectivity index (χ3v) is 3.32. The van der Waals surface area contributed by atoms with Gasteiger partial charge >= 0.3 is 0 Å². The lowest BCUT2D eigenvalue weighted by Crippen LogP contribution is -2.32. The maximum Gasteiger partial charge on any atom is 0.254 e. The smallest absolute Gasteiger partial charge is 0.254 e. The monoisotopic (exact) mass is 274 g/mol. The van der Waals surface area contributed by atoms with Gasteiger partial charge in [0.05, 0.1) is 12.8 Å². The lowest BCUT2D eigenvalue weighted by Gasteiger charge is -2.21. The standard InChI is InChI=1S/C15H15FN2O2/c16-11-6-10(7-12(17)8-11)15(19)18(13-3-4-13)9-14-2-1-5-20-14/h1-2,5-8,13H,3-4,9,17H2. The van der Waals surface area contributed by atoms with Gasteiger partial charge in [0.15, 0.2) is 0 Å². The van der Waals surface area contributed by atoms with Crippen LogP contribution in [0.1, 0.15) is 29.0 Å². The Morgan fingerprint density at radius 3 is 2.80 bits per heavy atom. The fourth-order valence-electron chi connectivity index (χ4n) is 2.22. The summed E-state index contributed by atoms with van der Waals surface area (Å²) in [6, 6.07) is 7.73. The van der Waals surface area contributed by atoms with Gasteiger partial charge in [-0.3, -0.25) is 4.79 Å². The molecule has 4 nitrogen and oxygen atoms in total. The highest BCUT2D eigenvalue weighted by atomic mass is 19.1. The van der Waals surface area contributed by atoms with Crippen molar-refractivity contribution in [3.05, 3.63) is 53.7 Å². The van der Waals surface area contributed by atoms with Gasteiger partial charge in [0.1, 0.15) is 11.6 Å². The quantitative estimate of drug-likeness (QED) is 0.872. The SMILES string of the molecule is Nc1cc(F)cc(C(=O)N(Cc2ccco2)C2CC2)c1. The molecule has 0 spiro atoms. The molecule has 1 aromatic heterocycles. The average Bonchev–Trinajstić information content (AvgIpc) is 3.11. The topological polar surface area (TPSA) is 59.5 Å². The first-order chi connectivity index (χ1) is 9.63. The van der Waals surface area contributed by atoms with Crippen LogP contribution in [-0.4, -0.2) is 16.8 Å².